The van der Waals surface area contributed by atoms with Crippen molar-refractivity contribution in [2.45, 2.75) is 60.8 Å². The second-order valence-corrected chi connectivity index (χ2v) is 10.5. The van der Waals surface area contributed by atoms with Crippen LogP contribution < -0.4 is 5.32 Å². The number of fused-ring (bicyclic) bond motifs is 1. The number of para-hydroxylation sites is 1. The molecule has 1 aliphatic carbocycles. The lowest BCUT2D eigenvalue weighted by atomic mass is 9.83. The highest BCUT2D eigenvalue weighted by atomic mass is 32.2. The summed E-state index contributed by atoms with van der Waals surface area (Å²) < 4.78 is 7.53. The van der Waals surface area contributed by atoms with Gasteiger partial charge in [-0.15, -0.1) is 11.3 Å². The highest BCUT2D eigenvalue weighted by molar-refractivity contribution is 8.00. The molecule has 170 valence electrons. The highest BCUT2D eigenvalue weighted by Crippen LogP contribution is 2.31. The van der Waals surface area contributed by atoms with Crippen LogP contribution in [0.25, 0.3) is 10.2 Å². The average molecular weight is 480 g/mol. The van der Waals surface area contributed by atoms with E-state index in [1.807, 2.05) is 30.3 Å². The molecule has 3 aromatic rings. The Morgan fingerprint density at radius 1 is 1.18 bits per heavy atom. The lowest BCUT2D eigenvalue weighted by Crippen LogP contribution is -2.52. The van der Waals surface area contributed by atoms with Gasteiger partial charge in [-0.05, 0) is 49.6 Å². The third-order valence-corrected chi connectivity index (χ3v) is 8.01. The molecule has 0 aliphatic heterocycles. The smallest absolute Gasteiger partial charge is 0.338 e. The van der Waals surface area contributed by atoms with Crippen molar-refractivity contribution < 1.29 is 14.3 Å². The fourth-order valence-electron chi connectivity index (χ4n) is 3.83. The Labute approximate surface area is 201 Å². The first kappa shape index (κ1) is 23.3. The lowest BCUT2D eigenvalue weighted by Gasteiger charge is -2.32. The van der Waals surface area contributed by atoms with Gasteiger partial charge in [-0.1, -0.05) is 55.3 Å². The van der Waals surface area contributed by atoms with Crippen LogP contribution in [0.1, 0.15) is 54.9 Å². The molecule has 0 saturated heterocycles. The molecule has 6 nitrogen and oxygen atoms in total. The Balaban J connectivity index is 1.30. The molecule has 0 radical (unpaired) electrons. The van der Waals surface area contributed by atoms with Crippen LogP contribution in [0, 0.1) is 11.3 Å². The van der Waals surface area contributed by atoms with E-state index in [4.69, 9.17) is 4.74 Å². The molecule has 2 aromatic carbocycles. The molecule has 33 heavy (non-hydrogen) atoms. The van der Waals surface area contributed by atoms with Crippen molar-refractivity contribution in [3.63, 3.8) is 0 Å². The van der Waals surface area contributed by atoms with Gasteiger partial charge in [-0.2, -0.15) is 5.26 Å². The average Bonchev–Trinajstić information content (AvgIpc) is 3.26. The first-order valence-corrected chi connectivity index (χ1v) is 12.8. The van der Waals surface area contributed by atoms with Gasteiger partial charge in [-0.25, -0.2) is 9.78 Å². The number of hydrogen-bond acceptors (Lipinski definition) is 7. The summed E-state index contributed by atoms with van der Waals surface area (Å²) in [7, 11) is 0. The van der Waals surface area contributed by atoms with Gasteiger partial charge in [0, 0.05) is 5.75 Å². The molecule has 4 rings (SSSR count). The lowest BCUT2D eigenvalue weighted by molar-refractivity contribution is -0.130. The second-order valence-electron chi connectivity index (χ2n) is 8.22. The molecule has 1 fully saturated rings. The third kappa shape index (κ3) is 5.73. The van der Waals surface area contributed by atoms with Crippen molar-refractivity contribution in [2.75, 3.05) is 0 Å². The Hall–Kier alpha value is -2.89. The molecule has 8 heteroatoms. The predicted molar refractivity (Wildman–Crippen MR) is 130 cm³/mol. The molecule has 1 unspecified atom stereocenters. The van der Waals surface area contributed by atoms with E-state index < -0.39 is 23.5 Å². The van der Waals surface area contributed by atoms with Crippen LogP contribution in [0.5, 0.6) is 0 Å². The van der Waals surface area contributed by atoms with Crippen molar-refractivity contribution in [3.05, 3.63) is 59.7 Å². The summed E-state index contributed by atoms with van der Waals surface area (Å²) >= 11 is 3.33. The standard InChI is InChI=1S/C25H25N3O3S2/c1-17(22(29)28-25(16-26)13-5-2-6-14-25)31-23(30)19-11-9-18(10-12-19)15-32-24-27-20-7-3-4-8-21(20)33-24/h3-4,7-12,17H,2,5-6,13-15H2,1H3,(H,28,29). The third-order valence-electron chi connectivity index (χ3n) is 5.76. The van der Waals surface area contributed by atoms with Crippen LogP contribution in [0.4, 0.5) is 0 Å². The molecule has 1 N–H and O–H groups in total. The molecule has 1 atom stereocenters. The van der Waals surface area contributed by atoms with Crippen molar-refractivity contribution in [1.82, 2.24) is 10.3 Å². The van der Waals surface area contributed by atoms with E-state index in [0.29, 0.717) is 18.4 Å². The molecule has 1 saturated carbocycles. The Morgan fingerprint density at radius 3 is 2.61 bits per heavy atom. The molecule has 1 amide bonds. The fourth-order valence-corrected chi connectivity index (χ4v) is 5.86. The van der Waals surface area contributed by atoms with Crippen LogP contribution in [-0.4, -0.2) is 28.5 Å². The monoisotopic (exact) mass is 479 g/mol. The minimum Gasteiger partial charge on any atom is -0.449 e. The molecule has 0 spiro atoms. The number of esters is 1. The number of aromatic nitrogens is 1. The summed E-state index contributed by atoms with van der Waals surface area (Å²) in [6.45, 7) is 1.53. The molecule has 0 bridgehead atoms. The number of carbonyl (C=O) groups excluding carboxylic acids is 2. The van der Waals surface area contributed by atoms with Crippen LogP contribution in [0.2, 0.25) is 0 Å². The zero-order chi connectivity index (χ0) is 23.3. The summed E-state index contributed by atoms with van der Waals surface area (Å²) in [5.74, 6) is -0.252. The number of hydrogen-bond donors (Lipinski definition) is 1. The summed E-state index contributed by atoms with van der Waals surface area (Å²) in [5.41, 5.74) is 1.61. The molecular weight excluding hydrogens is 454 g/mol. The van der Waals surface area contributed by atoms with Crippen LogP contribution in [0.15, 0.2) is 52.9 Å². The van der Waals surface area contributed by atoms with Crippen LogP contribution in [-0.2, 0) is 15.3 Å². The van der Waals surface area contributed by atoms with Crippen molar-refractivity contribution in [2.24, 2.45) is 0 Å². The zero-order valence-corrected chi connectivity index (χ0v) is 20.0. The maximum absolute atomic E-state index is 12.5. The largest absolute Gasteiger partial charge is 0.449 e. The van der Waals surface area contributed by atoms with Crippen LogP contribution in [0.3, 0.4) is 0 Å². The van der Waals surface area contributed by atoms with Gasteiger partial charge in [0.15, 0.2) is 10.4 Å². The maximum Gasteiger partial charge on any atom is 0.338 e. The van der Waals surface area contributed by atoms with E-state index in [-0.39, 0.29) is 0 Å². The summed E-state index contributed by atoms with van der Waals surface area (Å²) in [5, 5.41) is 12.3. The van der Waals surface area contributed by atoms with E-state index in [1.165, 1.54) is 11.6 Å². The normalized spacial score (nSPS) is 16.0. The number of rotatable bonds is 7. The van der Waals surface area contributed by atoms with Gasteiger partial charge in [0.05, 0.1) is 21.8 Å². The van der Waals surface area contributed by atoms with E-state index in [9.17, 15) is 14.9 Å². The quantitative estimate of drug-likeness (QED) is 0.356. The summed E-state index contributed by atoms with van der Waals surface area (Å²) in [6.07, 6.45) is 3.17. The van der Waals surface area contributed by atoms with E-state index >= 15 is 0 Å². The van der Waals surface area contributed by atoms with E-state index in [2.05, 4.69) is 22.4 Å². The number of nitrogens with one attached hydrogen (secondary N) is 1. The topological polar surface area (TPSA) is 92.1 Å². The number of ether oxygens (including phenoxy) is 1. The van der Waals surface area contributed by atoms with Gasteiger partial charge in [0.1, 0.15) is 5.54 Å². The molecular formula is C25H25N3O3S2. The number of nitrogens with zero attached hydrogens (tertiary/aromatic N) is 2. The molecule has 1 aromatic heterocycles. The first-order chi connectivity index (χ1) is 16.0. The number of thiazole rings is 1. The summed E-state index contributed by atoms with van der Waals surface area (Å²) in [6, 6.07) is 17.5. The van der Waals surface area contributed by atoms with Crippen molar-refractivity contribution in [1.29, 1.82) is 5.26 Å². The Bertz CT molecular complexity index is 1140. The Morgan fingerprint density at radius 2 is 1.91 bits per heavy atom. The van der Waals surface area contributed by atoms with Gasteiger partial charge in [-0.3, -0.25) is 4.79 Å². The second kappa shape index (κ2) is 10.4. The molecule has 1 aliphatic rings. The minimum atomic E-state index is -0.973. The van der Waals surface area contributed by atoms with Gasteiger partial charge in [0.25, 0.3) is 5.91 Å². The SMILES string of the molecule is CC(OC(=O)c1ccc(CSc2nc3ccccc3s2)cc1)C(=O)NC1(C#N)CCCCC1. The number of benzene rings is 2. The number of amides is 1. The predicted octanol–water partition coefficient (Wildman–Crippen LogP) is 5.48. The Kier molecular flexibility index (Phi) is 7.31. The zero-order valence-electron chi connectivity index (χ0n) is 18.4. The van der Waals surface area contributed by atoms with Gasteiger partial charge < -0.3 is 10.1 Å². The maximum atomic E-state index is 12.5. The van der Waals surface area contributed by atoms with Gasteiger partial charge >= 0.3 is 5.97 Å². The van der Waals surface area contributed by atoms with E-state index in [1.54, 1.807) is 35.2 Å². The van der Waals surface area contributed by atoms with E-state index in [0.717, 1.165) is 40.4 Å². The first-order valence-electron chi connectivity index (χ1n) is 11.0. The fraction of sp³-hybridized carbons (Fsp3) is 0.360. The number of carbonyl (C=O) groups is 2. The van der Waals surface area contributed by atoms with Crippen molar-refractivity contribution >= 4 is 45.2 Å². The van der Waals surface area contributed by atoms with Crippen LogP contribution >= 0.6 is 23.1 Å². The van der Waals surface area contributed by atoms with Crippen molar-refractivity contribution in [3.8, 4) is 6.07 Å². The summed E-state index contributed by atoms with van der Waals surface area (Å²) in [4.78, 5) is 29.7. The van der Waals surface area contributed by atoms with Gasteiger partial charge in [0.2, 0.25) is 0 Å². The number of thioether (sulfide) groups is 1. The molecule has 1 heterocycles. The number of nitriles is 1. The minimum absolute atomic E-state index is 0.385. The highest BCUT2D eigenvalue weighted by Gasteiger charge is 2.35.